The van der Waals surface area contributed by atoms with Crippen molar-refractivity contribution in [3.05, 3.63) is 17.5 Å². The normalized spacial score (nSPS) is 10.3. The second-order valence-electron chi connectivity index (χ2n) is 3.22. The number of anilines is 1. The average Bonchev–Trinajstić information content (AvgIpc) is 2.12. The zero-order valence-corrected chi connectivity index (χ0v) is 10.5. The third-order valence-electron chi connectivity index (χ3n) is 1.99. The van der Waals surface area contributed by atoms with Crippen molar-refractivity contribution < 1.29 is 0 Å². The first-order valence-electron chi connectivity index (χ1n) is 4.80. The molecule has 1 aromatic rings. The van der Waals surface area contributed by atoms with E-state index in [0.717, 1.165) is 35.8 Å². The minimum atomic E-state index is 0.837. The Balaban J connectivity index is 2.91. The lowest BCUT2D eigenvalue weighted by Gasteiger charge is -2.19. The van der Waals surface area contributed by atoms with Crippen molar-refractivity contribution in [2.45, 2.75) is 20.8 Å². The van der Waals surface area contributed by atoms with Crippen LogP contribution in [0.25, 0.3) is 0 Å². The summed E-state index contributed by atoms with van der Waals surface area (Å²) in [5.41, 5.74) is 2.06. The fraction of sp³-hybridized carbons (Fsp3) is 0.600. The first kappa shape index (κ1) is 11.4. The maximum absolute atomic E-state index is 4.42. The molecule has 4 heteroatoms. The molecule has 78 valence electrons. The zero-order valence-electron chi connectivity index (χ0n) is 8.92. The Morgan fingerprint density at radius 1 is 1.29 bits per heavy atom. The highest BCUT2D eigenvalue weighted by Gasteiger charge is 2.07. The highest BCUT2D eigenvalue weighted by molar-refractivity contribution is 9.09. The number of rotatable bonds is 4. The minimum Gasteiger partial charge on any atom is -0.340 e. The summed E-state index contributed by atoms with van der Waals surface area (Å²) in [4.78, 5) is 11.0. The van der Waals surface area contributed by atoms with Gasteiger partial charge in [0, 0.05) is 29.8 Å². The van der Waals surface area contributed by atoms with E-state index >= 15 is 0 Å². The van der Waals surface area contributed by atoms with E-state index in [4.69, 9.17) is 0 Å². The molecule has 0 atom stereocenters. The molecular weight excluding hydrogens is 242 g/mol. The van der Waals surface area contributed by atoms with Crippen LogP contribution in [0.3, 0.4) is 0 Å². The van der Waals surface area contributed by atoms with Crippen LogP contribution >= 0.6 is 15.9 Å². The van der Waals surface area contributed by atoms with Crippen LogP contribution in [0.4, 0.5) is 5.95 Å². The number of alkyl halides is 1. The van der Waals surface area contributed by atoms with Gasteiger partial charge in [-0.25, -0.2) is 9.97 Å². The molecule has 0 aromatic carbocycles. The highest BCUT2D eigenvalue weighted by atomic mass is 79.9. The molecule has 0 aliphatic rings. The standard InChI is InChI=1S/C10H16BrN3/c1-4-14(6-5-11)10-12-8(2)7-9(3)13-10/h7H,4-6H2,1-3H3. The van der Waals surface area contributed by atoms with Gasteiger partial charge in [-0.2, -0.15) is 0 Å². The van der Waals surface area contributed by atoms with E-state index < -0.39 is 0 Å². The number of nitrogens with zero attached hydrogens (tertiary/aromatic N) is 3. The third-order valence-corrected chi connectivity index (χ3v) is 2.34. The van der Waals surface area contributed by atoms with Crippen molar-refractivity contribution in [2.24, 2.45) is 0 Å². The quantitative estimate of drug-likeness (QED) is 0.776. The predicted octanol–water partition coefficient (Wildman–Crippen LogP) is 2.31. The van der Waals surface area contributed by atoms with Crippen LogP contribution in [0.2, 0.25) is 0 Å². The van der Waals surface area contributed by atoms with Gasteiger partial charge in [-0.15, -0.1) is 0 Å². The summed E-state index contributed by atoms with van der Waals surface area (Å²) >= 11 is 3.43. The van der Waals surface area contributed by atoms with Gasteiger partial charge >= 0.3 is 0 Å². The molecule has 14 heavy (non-hydrogen) atoms. The van der Waals surface area contributed by atoms with Crippen LogP contribution in [-0.4, -0.2) is 28.4 Å². The molecule has 1 rings (SSSR count). The number of hydrogen-bond acceptors (Lipinski definition) is 3. The lowest BCUT2D eigenvalue weighted by molar-refractivity contribution is 0.817. The van der Waals surface area contributed by atoms with Crippen molar-refractivity contribution in [2.75, 3.05) is 23.3 Å². The van der Waals surface area contributed by atoms with Crippen LogP contribution < -0.4 is 4.90 Å². The molecule has 1 heterocycles. The van der Waals surface area contributed by atoms with Crippen LogP contribution in [0.15, 0.2) is 6.07 Å². The van der Waals surface area contributed by atoms with Crippen molar-refractivity contribution >= 4 is 21.9 Å². The number of aromatic nitrogens is 2. The molecule has 0 saturated heterocycles. The molecule has 0 N–H and O–H groups in total. The molecule has 0 spiro atoms. The summed E-state index contributed by atoms with van der Waals surface area (Å²) in [6.45, 7) is 8.00. The molecule has 0 saturated carbocycles. The largest absolute Gasteiger partial charge is 0.340 e. The maximum atomic E-state index is 4.42. The van der Waals surface area contributed by atoms with Crippen LogP contribution in [0.1, 0.15) is 18.3 Å². The molecular formula is C10H16BrN3. The van der Waals surface area contributed by atoms with E-state index in [9.17, 15) is 0 Å². The Hall–Kier alpha value is -0.640. The average molecular weight is 258 g/mol. The Morgan fingerprint density at radius 2 is 1.86 bits per heavy atom. The van der Waals surface area contributed by atoms with Gasteiger partial charge < -0.3 is 4.90 Å². The topological polar surface area (TPSA) is 29.0 Å². The summed E-state index contributed by atoms with van der Waals surface area (Å²) in [7, 11) is 0. The molecule has 3 nitrogen and oxygen atoms in total. The first-order chi connectivity index (χ1) is 6.67. The molecule has 0 bridgehead atoms. The van der Waals surface area contributed by atoms with E-state index in [1.54, 1.807) is 0 Å². The number of aryl methyl sites for hydroxylation is 2. The Kier molecular flexibility index (Phi) is 4.32. The Labute approximate surface area is 93.7 Å². The summed E-state index contributed by atoms with van der Waals surface area (Å²) in [6, 6.07) is 1.99. The van der Waals surface area contributed by atoms with Gasteiger partial charge in [0.1, 0.15) is 0 Å². The Morgan fingerprint density at radius 3 is 2.29 bits per heavy atom. The monoisotopic (exact) mass is 257 g/mol. The van der Waals surface area contributed by atoms with E-state index in [1.807, 2.05) is 19.9 Å². The van der Waals surface area contributed by atoms with Gasteiger partial charge in [0.05, 0.1) is 0 Å². The summed E-state index contributed by atoms with van der Waals surface area (Å²) < 4.78 is 0. The first-order valence-corrected chi connectivity index (χ1v) is 5.92. The molecule has 0 aliphatic carbocycles. The van der Waals surface area contributed by atoms with Gasteiger partial charge in [-0.3, -0.25) is 0 Å². The van der Waals surface area contributed by atoms with Crippen LogP contribution in [0.5, 0.6) is 0 Å². The van der Waals surface area contributed by atoms with E-state index in [0.29, 0.717) is 0 Å². The Bertz CT molecular complexity index is 281. The van der Waals surface area contributed by atoms with Gasteiger partial charge in [0.15, 0.2) is 0 Å². The third kappa shape index (κ3) is 2.94. The van der Waals surface area contributed by atoms with Crippen molar-refractivity contribution in [1.82, 2.24) is 9.97 Å². The van der Waals surface area contributed by atoms with Gasteiger partial charge in [-0.05, 0) is 26.8 Å². The molecule has 0 amide bonds. The fourth-order valence-electron chi connectivity index (χ4n) is 1.35. The van der Waals surface area contributed by atoms with Crippen LogP contribution in [-0.2, 0) is 0 Å². The molecule has 0 fully saturated rings. The van der Waals surface area contributed by atoms with E-state index in [1.165, 1.54) is 0 Å². The smallest absolute Gasteiger partial charge is 0.225 e. The molecule has 1 aromatic heterocycles. The predicted molar refractivity (Wildman–Crippen MR) is 63.2 cm³/mol. The summed E-state index contributed by atoms with van der Waals surface area (Å²) in [5.74, 6) is 0.837. The lowest BCUT2D eigenvalue weighted by atomic mass is 10.3. The van der Waals surface area contributed by atoms with Gasteiger partial charge in [-0.1, -0.05) is 15.9 Å². The number of halogens is 1. The van der Waals surface area contributed by atoms with Gasteiger partial charge in [0.25, 0.3) is 0 Å². The minimum absolute atomic E-state index is 0.837. The van der Waals surface area contributed by atoms with Crippen molar-refractivity contribution in [3.8, 4) is 0 Å². The summed E-state index contributed by atoms with van der Waals surface area (Å²) in [5, 5.41) is 0.942. The van der Waals surface area contributed by atoms with E-state index in [2.05, 4.69) is 37.7 Å². The van der Waals surface area contributed by atoms with Crippen LogP contribution in [0, 0.1) is 13.8 Å². The zero-order chi connectivity index (χ0) is 10.6. The maximum Gasteiger partial charge on any atom is 0.225 e. The number of hydrogen-bond donors (Lipinski definition) is 0. The van der Waals surface area contributed by atoms with Crippen molar-refractivity contribution in [3.63, 3.8) is 0 Å². The van der Waals surface area contributed by atoms with Crippen molar-refractivity contribution in [1.29, 1.82) is 0 Å². The van der Waals surface area contributed by atoms with E-state index in [-0.39, 0.29) is 0 Å². The highest BCUT2D eigenvalue weighted by Crippen LogP contribution is 2.09. The van der Waals surface area contributed by atoms with Gasteiger partial charge in [0.2, 0.25) is 5.95 Å². The SMILES string of the molecule is CCN(CCBr)c1nc(C)cc(C)n1. The second kappa shape index (κ2) is 5.29. The second-order valence-corrected chi connectivity index (χ2v) is 4.01. The fourth-order valence-corrected chi connectivity index (χ4v) is 1.78. The molecule has 0 unspecified atom stereocenters. The molecule has 0 aliphatic heterocycles. The lowest BCUT2D eigenvalue weighted by Crippen LogP contribution is -2.27. The summed E-state index contributed by atoms with van der Waals surface area (Å²) in [6.07, 6.45) is 0. The molecule has 0 radical (unpaired) electrons.